The molecule has 26 heavy (non-hydrogen) atoms. The Kier molecular flexibility index (Phi) is 3.76. The van der Waals surface area contributed by atoms with Gasteiger partial charge in [-0.15, -0.1) is 0 Å². The van der Waals surface area contributed by atoms with Crippen molar-refractivity contribution in [3.63, 3.8) is 0 Å². The number of para-hydroxylation sites is 4. The first-order valence-electron chi connectivity index (χ1n) is 7.90. The third-order valence-electron chi connectivity index (χ3n) is 4.18. The van der Waals surface area contributed by atoms with E-state index in [-0.39, 0.29) is 5.75 Å². The van der Waals surface area contributed by atoms with E-state index in [1.807, 2.05) is 53.4 Å². The molecule has 3 aromatic rings. The van der Waals surface area contributed by atoms with Gasteiger partial charge in [0.15, 0.2) is 11.5 Å². The zero-order valence-electron chi connectivity index (χ0n) is 13.7. The summed E-state index contributed by atoms with van der Waals surface area (Å²) in [4.78, 5) is 1.84. The molecule has 0 spiro atoms. The number of hydrogen-bond acceptors (Lipinski definition) is 3. The Balaban J connectivity index is 1.93. The SMILES string of the molecule is COc1cc(C(F)(F)F)ccc1N1c2ccccc2Oc2ccccc21. The average molecular weight is 357 g/mol. The standard InChI is InChI=1S/C20H14F3NO2/c1-25-19-12-13(20(21,22)23)10-11-16(19)24-14-6-2-4-8-17(14)26-18-9-5-3-7-15(18)24/h2-12H,1H3. The first-order chi connectivity index (χ1) is 12.5. The normalized spacial score (nSPS) is 12.8. The van der Waals surface area contributed by atoms with Crippen LogP contribution < -0.4 is 14.4 Å². The molecule has 0 aromatic heterocycles. The fourth-order valence-corrected chi connectivity index (χ4v) is 3.00. The van der Waals surface area contributed by atoms with E-state index in [9.17, 15) is 13.2 Å². The van der Waals surface area contributed by atoms with Crippen molar-refractivity contribution >= 4 is 17.1 Å². The van der Waals surface area contributed by atoms with Crippen LogP contribution in [0.1, 0.15) is 5.56 Å². The summed E-state index contributed by atoms with van der Waals surface area (Å²) in [5.41, 5.74) is 1.20. The van der Waals surface area contributed by atoms with Gasteiger partial charge in [-0.3, -0.25) is 4.90 Å². The number of hydrogen-bond donors (Lipinski definition) is 0. The predicted molar refractivity (Wildman–Crippen MR) is 92.8 cm³/mol. The Labute approximate surface area is 148 Å². The van der Waals surface area contributed by atoms with Gasteiger partial charge < -0.3 is 9.47 Å². The Morgan fingerprint density at radius 2 is 1.38 bits per heavy atom. The molecule has 0 saturated heterocycles. The number of rotatable bonds is 2. The van der Waals surface area contributed by atoms with E-state index in [4.69, 9.17) is 9.47 Å². The van der Waals surface area contributed by atoms with Gasteiger partial charge in [0.05, 0.1) is 29.7 Å². The van der Waals surface area contributed by atoms with Gasteiger partial charge in [0.2, 0.25) is 0 Å². The van der Waals surface area contributed by atoms with Crippen LogP contribution >= 0.6 is 0 Å². The Bertz CT molecular complexity index is 924. The van der Waals surface area contributed by atoms with E-state index in [1.54, 1.807) is 0 Å². The second kappa shape index (κ2) is 5.98. The van der Waals surface area contributed by atoms with Crippen LogP contribution in [-0.4, -0.2) is 7.11 Å². The molecule has 3 aromatic carbocycles. The topological polar surface area (TPSA) is 21.7 Å². The molecule has 0 radical (unpaired) electrons. The molecule has 6 heteroatoms. The Morgan fingerprint density at radius 1 is 0.808 bits per heavy atom. The number of nitrogens with zero attached hydrogens (tertiary/aromatic N) is 1. The third-order valence-corrected chi connectivity index (χ3v) is 4.18. The Hall–Kier alpha value is -3.15. The van der Waals surface area contributed by atoms with Gasteiger partial charge in [-0.05, 0) is 42.5 Å². The van der Waals surface area contributed by atoms with Crippen molar-refractivity contribution in [3.05, 3.63) is 72.3 Å². The molecule has 1 heterocycles. The number of anilines is 3. The highest BCUT2D eigenvalue weighted by Crippen LogP contribution is 2.52. The van der Waals surface area contributed by atoms with Crippen LogP contribution in [0.4, 0.5) is 30.2 Å². The lowest BCUT2D eigenvalue weighted by Gasteiger charge is -2.33. The summed E-state index contributed by atoms with van der Waals surface area (Å²) < 4.78 is 50.4. The van der Waals surface area contributed by atoms with Crippen molar-refractivity contribution < 1.29 is 22.6 Å². The maximum atomic E-state index is 13.1. The molecule has 1 aliphatic heterocycles. The fourth-order valence-electron chi connectivity index (χ4n) is 3.00. The lowest BCUT2D eigenvalue weighted by atomic mass is 10.1. The van der Waals surface area contributed by atoms with Crippen LogP contribution in [0.5, 0.6) is 17.2 Å². The molecule has 1 aliphatic rings. The number of fused-ring (bicyclic) bond motifs is 2. The molecule has 0 atom stereocenters. The zero-order valence-corrected chi connectivity index (χ0v) is 13.7. The van der Waals surface area contributed by atoms with Gasteiger partial charge in [0.25, 0.3) is 0 Å². The summed E-state index contributed by atoms with van der Waals surface area (Å²) in [6.07, 6.45) is -4.44. The second-order valence-corrected chi connectivity index (χ2v) is 5.76. The van der Waals surface area contributed by atoms with Crippen molar-refractivity contribution in [1.82, 2.24) is 0 Å². The van der Waals surface area contributed by atoms with Gasteiger partial charge in [0.1, 0.15) is 5.75 Å². The van der Waals surface area contributed by atoms with Crippen LogP contribution in [0.25, 0.3) is 0 Å². The van der Waals surface area contributed by atoms with Crippen LogP contribution in [0, 0.1) is 0 Å². The summed E-state index contributed by atoms with van der Waals surface area (Å²) in [5, 5.41) is 0. The van der Waals surface area contributed by atoms with Crippen molar-refractivity contribution in [2.24, 2.45) is 0 Å². The molecule has 0 amide bonds. The first-order valence-corrected chi connectivity index (χ1v) is 7.90. The van der Waals surface area contributed by atoms with Crippen LogP contribution in [0.3, 0.4) is 0 Å². The monoisotopic (exact) mass is 357 g/mol. The predicted octanol–water partition coefficient (Wildman–Crippen LogP) is 6.29. The first kappa shape index (κ1) is 16.3. The lowest BCUT2D eigenvalue weighted by Crippen LogP contribution is -2.17. The molecule has 4 rings (SSSR count). The highest BCUT2D eigenvalue weighted by Gasteiger charge is 2.33. The molecule has 3 nitrogen and oxygen atoms in total. The maximum absolute atomic E-state index is 13.1. The average Bonchev–Trinajstić information content (AvgIpc) is 2.65. The van der Waals surface area contributed by atoms with Crippen LogP contribution in [0.2, 0.25) is 0 Å². The molecule has 0 N–H and O–H groups in total. The number of ether oxygens (including phenoxy) is 2. The van der Waals surface area contributed by atoms with Gasteiger partial charge >= 0.3 is 6.18 Å². The summed E-state index contributed by atoms with van der Waals surface area (Å²) >= 11 is 0. The number of methoxy groups -OCH3 is 1. The minimum absolute atomic E-state index is 0.131. The van der Waals surface area contributed by atoms with Crippen molar-refractivity contribution in [2.45, 2.75) is 6.18 Å². The van der Waals surface area contributed by atoms with E-state index < -0.39 is 11.7 Å². The van der Waals surface area contributed by atoms with E-state index in [2.05, 4.69) is 0 Å². The number of halogens is 3. The summed E-state index contributed by atoms with van der Waals surface area (Å²) in [6.45, 7) is 0. The van der Waals surface area contributed by atoms with Gasteiger partial charge in [-0.1, -0.05) is 24.3 Å². The third kappa shape index (κ3) is 2.63. The quantitative estimate of drug-likeness (QED) is 0.421. The molecular weight excluding hydrogens is 343 g/mol. The molecule has 0 bridgehead atoms. The highest BCUT2D eigenvalue weighted by atomic mass is 19.4. The van der Waals surface area contributed by atoms with Crippen LogP contribution in [-0.2, 0) is 6.18 Å². The van der Waals surface area contributed by atoms with Crippen molar-refractivity contribution in [3.8, 4) is 17.2 Å². The summed E-state index contributed by atoms with van der Waals surface area (Å²) in [7, 11) is 1.36. The van der Waals surface area contributed by atoms with Crippen molar-refractivity contribution in [2.75, 3.05) is 12.0 Å². The smallest absolute Gasteiger partial charge is 0.416 e. The molecule has 0 saturated carbocycles. The van der Waals surface area contributed by atoms with Gasteiger partial charge in [-0.25, -0.2) is 0 Å². The lowest BCUT2D eigenvalue weighted by molar-refractivity contribution is -0.137. The van der Waals surface area contributed by atoms with E-state index in [1.165, 1.54) is 13.2 Å². The van der Waals surface area contributed by atoms with Gasteiger partial charge in [-0.2, -0.15) is 13.2 Å². The minimum atomic E-state index is -4.44. The number of alkyl halides is 3. The Morgan fingerprint density at radius 3 is 1.92 bits per heavy atom. The van der Waals surface area contributed by atoms with E-state index in [0.717, 1.165) is 23.5 Å². The highest BCUT2D eigenvalue weighted by molar-refractivity contribution is 5.88. The molecule has 0 fully saturated rings. The molecule has 132 valence electrons. The molecule has 0 aliphatic carbocycles. The van der Waals surface area contributed by atoms with E-state index >= 15 is 0 Å². The summed E-state index contributed by atoms with van der Waals surface area (Å²) in [6, 6.07) is 18.2. The minimum Gasteiger partial charge on any atom is -0.495 e. The van der Waals surface area contributed by atoms with Crippen LogP contribution in [0.15, 0.2) is 66.7 Å². The molecule has 0 unspecified atom stereocenters. The fraction of sp³-hybridized carbons (Fsp3) is 0.100. The maximum Gasteiger partial charge on any atom is 0.416 e. The van der Waals surface area contributed by atoms with E-state index in [0.29, 0.717) is 17.2 Å². The largest absolute Gasteiger partial charge is 0.495 e. The zero-order chi connectivity index (χ0) is 18.3. The summed E-state index contributed by atoms with van der Waals surface area (Å²) in [5.74, 6) is 1.37. The number of benzene rings is 3. The van der Waals surface area contributed by atoms with Crippen molar-refractivity contribution in [1.29, 1.82) is 0 Å². The second-order valence-electron chi connectivity index (χ2n) is 5.76. The van der Waals surface area contributed by atoms with Gasteiger partial charge in [0, 0.05) is 0 Å². The molecular formula is C20H14F3NO2.